The summed E-state index contributed by atoms with van der Waals surface area (Å²) in [4.78, 5) is 13.1. The van der Waals surface area contributed by atoms with E-state index in [4.69, 9.17) is 5.53 Å². The molecule has 0 aromatic heterocycles. The van der Waals surface area contributed by atoms with Crippen LogP contribution in [0.25, 0.3) is 10.4 Å². The van der Waals surface area contributed by atoms with Crippen molar-refractivity contribution < 1.29 is 13.9 Å². The van der Waals surface area contributed by atoms with Gasteiger partial charge >= 0.3 is 0 Å². The van der Waals surface area contributed by atoms with Crippen LogP contribution >= 0.6 is 7.57 Å². The molecule has 1 atom stereocenters. The molecule has 0 fully saturated rings. The summed E-state index contributed by atoms with van der Waals surface area (Å²) in [5.41, 5.74) is 7.76. The average molecular weight is 164 g/mol. The average Bonchev–Trinajstić information content (AvgIpc) is 1.89. The number of nitrogens with zero attached hydrogens (tertiary/aromatic N) is 3. The van der Waals surface area contributed by atoms with Gasteiger partial charge in [-0.1, -0.05) is 11.4 Å². The molecule has 7 heteroatoms. The molecule has 0 aromatic rings. The first-order valence-corrected chi connectivity index (χ1v) is 4.01. The van der Waals surface area contributed by atoms with Crippen molar-refractivity contribution in [2.45, 2.75) is 0 Å². The Kier molecular flexibility index (Phi) is 4.11. The van der Waals surface area contributed by atoms with Crippen LogP contribution in [0.15, 0.2) is 5.11 Å². The van der Waals surface area contributed by atoms with E-state index in [0.29, 0.717) is 0 Å². The first-order valence-electron chi connectivity index (χ1n) is 2.28. The molecule has 0 bridgehead atoms. The molecular weight excluding hydrogens is 157 g/mol. The minimum Gasteiger partial charge on any atom is -0.789 e. The lowest BCUT2D eigenvalue weighted by atomic mass is 11.4. The highest BCUT2D eigenvalue weighted by Gasteiger charge is 1.93. The highest BCUT2D eigenvalue weighted by atomic mass is 31.2. The van der Waals surface area contributed by atoms with Crippen molar-refractivity contribution in [3.8, 4) is 0 Å². The summed E-state index contributed by atoms with van der Waals surface area (Å²) in [5, 5.41) is 2.97. The molecule has 0 saturated carbocycles. The molecule has 0 heterocycles. The maximum absolute atomic E-state index is 10.7. The monoisotopic (exact) mass is 164 g/mol. The highest BCUT2D eigenvalue weighted by molar-refractivity contribution is 7.57. The Balaban J connectivity index is 3.68. The van der Waals surface area contributed by atoms with Crippen LogP contribution < -0.4 is 4.89 Å². The summed E-state index contributed by atoms with van der Waals surface area (Å²) in [7, 11) is -2.02. The fraction of sp³-hybridized carbons (Fsp3) is 0.667. The van der Waals surface area contributed by atoms with Gasteiger partial charge in [0.2, 0.25) is 0 Å². The lowest BCUT2D eigenvalue weighted by Gasteiger charge is -2.26. The van der Waals surface area contributed by atoms with Gasteiger partial charge in [-0.2, -0.15) is 0 Å². The van der Waals surface area contributed by atoms with Gasteiger partial charge in [-0.05, 0) is 5.53 Å². The van der Waals surface area contributed by atoms with Gasteiger partial charge in [-0.3, -0.25) is 0 Å². The first kappa shape index (κ1) is 9.49. The van der Waals surface area contributed by atoms with E-state index in [0.717, 1.165) is 0 Å². The maximum Gasteiger partial charge on any atom is 0.131 e. The van der Waals surface area contributed by atoms with E-state index in [-0.39, 0.29) is 6.73 Å². The molecule has 0 radical (unpaired) electrons. The van der Waals surface area contributed by atoms with E-state index in [1.54, 1.807) is 0 Å². The molecule has 10 heavy (non-hydrogen) atoms. The quantitative estimate of drug-likeness (QED) is 0.261. The van der Waals surface area contributed by atoms with Crippen molar-refractivity contribution in [2.24, 2.45) is 5.11 Å². The van der Waals surface area contributed by atoms with Crippen LogP contribution in [0.5, 0.6) is 0 Å². The summed E-state index contributed by atoms with van der Waals surface area (Å²) < 4.78 is 8.74. The van der Waals surface area contributed by atoms with Crippen LogP contribution in [0.2, 0.25) is 0 Å². The van der Waals surface area contributed by atoms with Gasteiger partial charge in [0.05, 0.1) is 0 Å². The first-order chi connectivity index (χ1) is 4.62. The van der Waals surface area contributed by atoms with Gasteiger partial charge in [0.15, 0.2) is 0 Å². The number of hydrogen-bond acceptors (Lipinski definition) is 4. The Morgan fingerprint density at radius 1 is 1.90 bits per heavy atom. The second-order valence-corrected chi connectivity index (χ2v) is 3.13. The Bertz CT molecular complexity index is 187. The Labute approximate surface area is 58.2 Å². The standard InChI is InChI=1S/C3H7N3O3P/c1-8-10(2,7)9-3-5-6-4/h2-3H2,1H3/q-1. The third kappa shape index (κ3) is 4.38. The molecule has 6 nitrogen and oxygen atoms in total. The molecule has 0 saturated heterocycles. The van der Waals surface area contributed by atoms with Crippen molar-refractivity contribution >= 4 is 13.9 Å². The molecule has 0 aliphatic rings. The van der Waals surface area contributed by atoms with E-state index in [1.807, 2.05) is 0 Å². The summed E-state index contributed by atoms with van der Waals surface area (Å²) in [6.07, 6.45) is 3.09. The molecule has 0 N–H and O–H groups in total. The van der Waals surface area contributed by atoms with Crippen LogP contribution in [0.4, 0.5) is 0 Å². The molecule has 0 rings (SSSR count). The molecule has 0 aliphatic heterocycles. The van der Waals surface area contributed by atoms with Crippen LogP contribution in [0.3, 0.4) is 0 Å². The van der Waals surface area contributed by atoms with E-state index in [1.165, 1.54) is 7.11 Å². The minimum atomic E-state index is -3.22. The topological polar surface area (TPSA) is 90.3 Å². The van der Waals surface area contributed by atoms with Gasteiger partial charge in [0.1, 0.15) is 6.73 Å². The minimum absolute atomic E-state index is 0.328. The maximum atomic E-state index is 10.7. The molecule has 0 spiro atoms. The number of rotatable bonds is 4. The van der Waals surface area contributed by atoms with Gasteiger partial charge in [-0.25, -0.2) is 0 Å². The summed E-state index contributed by atoms with van der Waals surface area (Å²) >= 11 is 0. The van der Waals surface area contributed by atoms with Gasteiger partial charge < -0.3 is 13.9 Å². The van der Waals surface area contributed by atoms with Crippen molar-refractivity contribution in [1.29, 1.82) is 0 Å². The second kappa shape index (κ2) is 4.33. The molecular formula is C3H7N3O3P-. The largest absolute Gasteiger partial charge is 0.789 e. The van der Waals surface area contributed by atoms with E-state index in [2.05, 4.69) is 25.4 Å². The van der Waals surface area contributed by atoms with Crippen molar-refractivity contribution in [3.63, 3.8) is 0 Å². The zero-order chi connectivity index (χ0) is 8.04. The molecule has 0 aliphatic carbocycles. The van der Waals surface area contributed by atoms with E-state index >= 15 is 0 Å². The van der Waals surface area contributed by atoms with E-state index < -0.39 is 7.57 Å². The third-order valence-corrected chi connectivity index (χ3v) is 1.72. The molecule has 0 aromatic carbocycles. The molecule has 0 amide bonds. The van der Waals surface area contributed by atoms with Crippen molar-refractivity contribution in [1.82, 2.24) is 0 Å². The van der Waals surface area contributed by atoms with Crippen LogP contribution in [-0.4, -0.2) is 20.1 Å². The molecule has 1 unspecified atom stereocenters. The van der Waals surface area contributed by atoms with Gasteiger partial charge in [-0.15, -0.1) is 0 Å². The predicted molar refractivity (Wildman–Crippen MR) is 36.1 cm³/mol. The lowest BCUT2D eigenvalue weighted by Crippen LogP contribution is -2.06. The predicted octanol–water partition coefficient (Wildman–Crippen LogP) is 0.472. The Morgan fingerprint density at radius 3 is 2.90 bits per heavy atom. The summed E-state index contributed by atoms with van der Waals surface area (Å²) in [5.74, 6) is 0. The fourth-order valence-electron chi connectivity index (χ4n) is 0.192. The highest BCUT2D eigenvalue weighted by Crippen LogP contribution is 2.35. The third-order valence-electron chi connectivity index (χ3n) is 0.654. The Morgan fingerprint density at radius 2 is 2.50 bits per heavy atom. The van der Waals surface area contributed by atoms with Crippen molar-refractivity contribution in [2.75, 3.05) is 13.8 Å². The van der Waals surface area contributed by atoms with Crippen LogP contribution in [0, 0.1) is 0 Å². The lowest BCUT2D eigenvalue weighted by molar-refractivity contribution is -0.205. The van der Waals surface area contributed by atoms with Gasteiger partial charge in [0.25, 0.3) is 0 Å². The van der Waals surface area contributed by atoms with Crippen molar-refractivity contribution in [3.05, 3.63) is 10.4 Å². The van der Waals surface area contributed by atoms with Crippen LogP contribution in [-0.2, 0) is 9.05 Å². The smallest absolute Gasteiger partial charge is 0.131 e. The SMILES string of the molecule is C=P([O-])(OC)OCN=[N+]=[N-]. The number of hydrogen-bond donors (Lipinski definition) is 0. The summed E-state index contributed by atoms with van der Waals surface area (Å²) in [6.45, 7) is -0.328. The Hall–Kier alpha value is -0.510. The fourth-order valence-corrected chi connectivity index (χ4v) is 0.525. The van der Waals surface area contributed by atoms with Crippen LogP contribution in [0.1, 0.15) is 0 Å². The zero-order valence-corrected chi connectivity index (χ0v) is 6.32. The number of azide groups is 1. The van der Waals surface area contributed by atoms with Gasteiger partial charge in [0, 0.05) is 19.6 Å². The zero-order valence-electron chi connectivity index (χ0n) is 5.43. The molecule has 58 valence electrons. The second-order valence-electron chi connectivity index (χ2n) is 1.28. The normalized spacial score (nSPS) is 15.4. The van der Waals surface area contributed by atoms with E-state index in [9.17, 15) is 4.89 Å². The summed E-state index contributed by atoms with van der Waals surface area (Å²) in [6, 6.07) is 0.